The predicted octanol–water partition coefficient (Wildman–Crippen LogP) is 1.86. The Morgan fingerprint density at radius 1 is 1.05 bits per heavy atom. The van der Waals surface area contributed by atoms with Gasteiger partial charge in [-0.1, -0.05) is 11.3 Å². The molecular weight excluding hydrogens is 272 g/mol. The van der Waals surface area contributed by atoms with E-state index < -0.39 is 0 Å². The van der Waals surface area contributed by atoms with Gasteiger partial charge >= 0.3 is 0 Å². The molecule has 2 heterocycles. The second kappa shape index (κ2) is 4.98. The minimum atomic E-state index is 0.338. The third-order valence-corrected chi connectivity index (χ3v) is 5.51. The number of nitrogens with zero attached hydrogens (tertiary/aromatic N) is 4. The lowest BCUT2D eigenvalue weighted by molar-refractivity contribution is -0.132. The van der Waals surface area contributed by atoms with Crippen molar-refractivity contribution in [2.24, 2.45) is 5.92 Å². The molecule has 2 saturated carbocycles. The Bertz CT molecular complexity index is 509. The largest absolute Gasteiger partial charge is 0.345 e. The van der Waals surface area contributed by atoms with Crippen molar-refractivity contribution >= 4 is 22.4 Å². The Morgan fingerprint density at radius 2 is 1.90 bits per heavy atom. The summed E-state index contributed by atoms with van der Waals surface area (Å²) in [6, 6.07) is 0. The van der Waals surface area contributed by atoms with Crippen LogP contribution in [-0.2, 0) is 4.79 Å². The Balaban J connectivity index is 1.40. The Hall–Kier alpha value is -1.17. The van der Waals surface area contributed by atoms with Crippen molar-refractivity contribution in [3.8, 4) is 0 Å². The van der Waals surface area contributed by atoms with Gasteiger partial charge in [-0.3, -0.25) is 4.79 Å². The van der Waals surface area contributed by atoms with Gasteiger partial charge in [-0.05, 0) is 32.1 Å². The van der Waals surface area contributed by atoms with Gasteiger partial charge < -0.3 is 9.80 Å². The number of amides is 1. The third kappa shape index (κ3) is 2.53. The fourth-order valence-corrected chi connectivity index (χ4v) is 3.83. The van der Waals surface area contributed by atoms with Crippen LogP contribution in [0.25, 0.3) is 0 Å². The zero-order valence-corrected chi connectivity index (χ0v) is 12.4. The van der Waals surface area contributed by atoms with Gasteiger partial charge in [0.1, 0.15) is 5.01 Å². The van der Waals surface area contributed by atoms with Crippen LogP contribution < -0.4 is 4.90 Å². The van der Waals surface area contributed by atoms with Crippen molar-refractivity contribution in [3.05, 3.63) is 5.01 Å². The molecule has 2 aliphatic carbocycles. The summed E-state index contributed by atoms with van der Waals surface area (Å²) in [5.74, 6) is 1.40. The van der Waals surface area contributed by atoms with Gasteiger partial charge in [-0.2, -0.15) is 0 Å². The molecule has 0 N–H and O–H groups in total. The number of hydrogen-bond donors (Lipinski definition) is 0. The molecule has 0 aromatic carbocycles. The molecule has 108 valence electrons. The molecule has 1 aliphatic heterocycles. The van der Waals surface area contributed by atoms with E-state index in [0.29, 0.717) is 17.7 Å². The third-order valence-electron chi connectivity index (χ3n) is 4.36. The molecule has 20 heavy (non-hydrogen) atoms. The quantitative estimate of drug-likeness (QED) is 0.853. The molecule has 4 rings (SSSR count). The van der Waals surface area contributed by atoms with Gasteiger partial charge in [0.25, 0.3) is 0 Å². The first-order valence-electron chi connectivity index (χ1n) is 7.68. The Kier molecular flexibility index (Phi) is 3.13. The molecule has 3 fully saturated rings. The second-order valence-corrected chi connectivity index (χ2v) is 7.12. The molecule has 0 radical (unpaired) electrons. The van der Waals surface area contributed by atoms with E-state index in [1.807, 2.05) is 0 Å². The summed E-state index contributed by atoms with van der Waals surface area (Å²) in [5, 5.41) is 10.9. The molecule has 6 heteroatoms. The van der Waals surface area contributed by atoms with Crippen molar-refractivity contribution in [3.63, 3.8) is 0 Å². The molecule has 0 atom stereocenters. The molecule has 5 nitrogen and oxygen atoms in total. The van der Waals surface area contributed by atoms with Gasteiger partial charge in [0.05, 0.1) is 0 Å². The maximum atomic E-state index is 12.1. The van der Waals surface area contributed by atoms with E-state index in [9.17, 15) is 4.79 Å². The molecule has 0 unspecified atom stereocenters. The molecule has 1 amide bonds. The standard InChI is InChI=1S/C14H20N4OS/c19-13(11-4-5-11)17-6-1-7-18(9-8-17)14-16-15-12(20-14)10-2-3-10/h10-11H,1-9H2. The van der Waals surface area contributed by atoms with Gasteiger partial charge in [-0.15, -0.1) is 10.2 Å². The van der Waals surface area contributed by atoms with Gasteiger partial charge in [0.2, 0.25) is 11.0 Å². The van der Waals surface area contributed by atoms with E-state index in [1.54, 1.807) is 11.3 Å². The second-order valence-electron chi connectivity index (χ2n) is 6.14. The summed E-state index contributed by atoms with van der Waals surface area (Å²) >= 11 is 1.75. The minimum Gasteiger partial charge on any atom is -0.345 e. The van der Waals surface area contributed by atoms with Gasteiger partial charge in [0, 0.05) is 38.0 Å². The summed E-state index contributed by atoms with van der Waals surface area (Å²) < 4.78 is 0. The number of anilines is 1. The Morgan fingerprint density at radius 3 is 2.65 bits per heavy atom. The van der Waals surface area contributed by atoms with Crippen LogP contribution in [0.4, 0.5) is 5.13 Å². The van der Waals surface area contributed by atoms with E-state index in [1.165, 1.54) is 17.8 Å². The average Bonchev–Trinajstić information content (AvgIpc) is 3.36. The van der Waals surface area contributed by atoms with E-state index in [2.05, 4.69) is 20.0 Å². The zero-order valence-electron chi connectivity index (χ0n) is 11.6. The van der Waals surface area contributed by atoms with Gasteiger partial charge in [0.15, 0.2) is 0 Å². The zero-order chi connectivity index (χ0) is 13.5. The predicted molar refractivity (Wildman–Crippen MR) is 78.0 cm³/mol. The fraction of sp³-hybridized carbons (Fsp3) is 0.786. The highest BCUT2D eigenvalue weighted by Gasteiger charge is 2.34. The molecule has 1 aromatic heterocycles. The first-order valence-corrected chi connectivity index (χ1v) is 8.50. The topological polar surface area (TPSA) is 49.3 Å². The smallest absolute Gasteiger partial charge is 0.225 e. The summed E-state index contributed by atoms with van der Waals surface area (Å²) in [4.78, 5) is 16.5. The maximum Gasteiger partial charge on any atom is 0.225 e. The van der Waals surface area contributed by atoms with Crippen LogP contribution in [0.5, 0.6) is 0 Å². The van der Waals surface area contributed by atoms with Crippen LogP contribution in [0.15, 0.2) is 0 Å². The van der Waals surface area contributed by atoms with E-state index in [0.717, 1.165) is 50.6 Å². The van der Waals surface area contributed by atoms with Crippen molar-refractivity contribution in [1.29, 1.82) is 0 Å². The normalized spacial score (nSPS) is 23.8. The number of hydrogen-bond acceptors (Lipinski definition) is 5. The van der Waals surface area contributed by atoms with E-state index >= 15 is 0 Å². The van der Waals surface area contributed by atoms with Gasteiger partial charge in [-0.25, -0.2) is 0 Å². The lowest BCUT2D eigenvalue weighted by atomic mass is 10.3. The lowest BCUT2D eigenvalue weighted by Crippen LogP contribution is -2.36. The highest BCUT2D eigenvalue weighted by Crippen LogP contribution is 2.42. The SMILES string of the molecule is O=C(C1CC1)N1CCCN(c2nnc(C3CC3)s2)CC1. The van der Waals surface area contributed by atoms with Crippen LogP contribution in [0.1, 0.15) is 43.0 Å². The maximum absolute atomic E-state index is 12.1. The number of aromatic nitrogens is 2. The number of carbonyl (C=O) groups is 1. The number of rotatable bonds is 3. The first kappa shape index (κ1) is 12.6. The monoisotopic (exact) mass is 292 g/mol. The molecule has 0 bridgehead atoms. The molecule has 1 saturated heterocycles. The van der Waals surface area contributed by atoms with E-state index in [4.69, 9.17) is 0 Å². The van der Waals surface area contributed by atoms with Crippen molar-refractivity contribution in [2.75, 3.05) is 31.1 Å². The lowest BCUT2D eigenvalue weighted by Gasteiger charge is -2.21. The highest BCUT2D eigenvalue weighted by atomic mass is 32.1. The fourth-order valence-electron chi connectivity index (χ4n) is 2.77. The first-order chi connectivity index (χ1) is 9.81. The average molecular weight is 292 g/mol. The molecule has 1 aromatic rings. The van der Waals surface area contributed by atoms with Crippen molar-refractivity contribution < 1.29 is 4.79 Å². The molecular formula is C14H20N4OS. The van der Waals surface area contributed by atoms with Crippen LogP contribution in [-0.4, -0.2) is 47.2 Å². The highest BCUT2D eigenvalue weighted by molar-refractivity contribution is 7.15. The summed E-state index contributed by atoms with van der Waals surface area (Å²) in [5.41, 5.74) is 0. The van der Waals surface area contributed by atoms with Crippen LogP contribution >= 0.6 is 11.3 Å². The minimum absolute atomic E-state index is 0.338. The molecule has 3 aliphatic rings. The summed E-state index contributed by atoms with van der Waals surface area (Å²) in [7, 11) is 0. The van der Waals surface area contributed by atoms with E-state index in [-0.39, 0.29) is 0 Å². The van der Waals surface area contributed by atoms with Crippen LogP contribution in [0.2, 0.25) is 0 Å². The van der Waals surface area contributed by atoms with Crippen LogP contribution in [0, 0.1) is 5.92 Å². The Labute approximate surface area is 123 Å². The van der Waals surface area contributed by atoms with Crippen molar-refractivity contribution in [1.82, 2.24) is 15.1 Å². The number of carbonyl (C=O) groups excluding carboxylic acids is 1. The van der Waals surface area contributed by atoms with Crippen molar-refractivity contribution in [2.45, 2.75) is 38.0 Å². The van der Waals surface area contributed by atoms with Crippen LogP contribution in [0.3, 0.4) is 0 Å². The summed E-state index contributed by atoms with van der Waals surface area (Å²) in [6.45, 7) is 3.64. The summed E-state index contributed by atoms with van der Waals surface area (Å²) in [6.07, 6.45) is 5.79. The molecule has 0 spiro atoms.